The molecule has 154 valence electrons. The van der Waals surface area contributed by atoms with Crippen LogP contribution in [-0.2, 0) is 4.79 Å². The highest BCUT2D eigenvalue weighted by Crippen LogP contribution is 2.11. The number of carboxylic acid groups (broad SMARTS) is 1. The van der Waals surface area contributed by atoms with Gasteiger partial charge in [-0.05, 0) is 48.0 Å². The van der Waals surface area contributed by atoms with Gasteiger partial charge >= 0.3 is 5.97 Å². The number of allylic oxidation sites excluding steroid dienone is 2. The number of carbonyl (C=O) groups excluding carboxylic acids is 2. The summed E-state index contributed by atoms with van der Waals surface area (Å²) < 4.78 is 0. The highest BCUT2D eigenvalue weighted by Gasteiger charge is 2.14. The Morgan fingerprint density at radius 1 is 0.742 bits per heavy atom. The van der Waals surface area contributed by atoms with Crippen LogP contribution in [0.2, 0.25) is 0 Å². The van der Waals surface area contributed by atoms with E-state index in [2.05, 4.69) is 10.6 Å². The van der Waals surface area contributed by atoms with E-state index in [1.54, 1.807) is 36.4 Å². The van der Waals surface area contributed by atoms with Crippen LogP contribution in [0.15, 0.2) is 103 Å². The second-order valence-electron chi connectivity index (χ2n) is 6.51. The van der Waals surface area contributed by atoms with Crippen molar-refractivity contribution >= 4 is 29.5 Å². The fourth-order valence-corrected chi connectivity index (χ4v) is 2.67. The van der Waals surface area contributed by atoms with E-state index in [4.69, 9.17) is 5.11 Å². The number of benzene rings is 3. The van der Waals surface area contributed by atoms with Gasteiger partial charge in [-0.1, -0.05) is 60.7 Å². The maximum atomic E-state index is 12.8. The summed E-state index contributed by atoms with van der Waals surface area (Å²) in [4.78, 5) is 36.3. The van der Waals surface area contributed by atoms with Crippen LogP contribution in [-0.4, -0.2) is 22.9 Å². The third-order valence-corrected chi connectivity index (χ3v) is 4.27. The van der Waals surface area contributed by atoms with Crippen LogP contribution in [0.4, 0.5) is 5.69 Å². The van der Waals surface area contributed by atoms with E-state index in [0.717, 1.165) is 5.56 Å². The summed E-state index contributed by atoms with van der Waals surface area (Å²) in [5, 5.41) is 14.3. The summed E-state index contributed by atoms with van der Waals surface area (Å²) >= 11 is 0. The Balaban J connectivity index is 1.80. The van der Waals surface area contributed by atoms with E-state index in [9.17, 15) is 14.4 Å². The molecule has 2 amide bonds. The molecule has 0 aliphatic rings. The Hall–Kier alpha value is -4.45. The SMILES string of the molecule is O=C(Nc1ccc(C(=O)O)cc1)/C(=C/C=C/c1ccccc1)NC(=O)c1ccccc1. The lowest BCUT2D eigenvalue weighted by atomic mass is 10.2. The van der Waals surface area contributed by atoms with E-state index in [1.807, 2.05) is 36.4 Å². The molecule has 0 saturated carbocycles. The molecule has 3 N–H and O–H groups in total. The molecule has 0 bridgehead atoms. The maximum absolute atomic E-state index is 12.8. The Labute approximate surface area is 179 Å². The zero-order valence-corrected chi connectivity index (χ0v) is 16.5. The molecule has 0 aliphatic heterocycles. The molecule has 3 aromatic carbocycles. The summed E-state index contributed by atoms with van der Waals surface area (Å²) in [5.74, 6) is -2.01. The maximum Gasteiger partial charge on any atom is 0.335 e. The Morgan fingerprint density at radius 2 is 1.35 bits per heavy atom. The van der Waals surface area contributed by atoms with Gasteiger partial charge in [-0.15, -0.1) is 0 Å². The second-order valence-corrected chi connectivity index (χ2v) is 6.51. The molecule has 0 atom stereocenters. The first-order valence-electron chi connectivity index (χ1n) is 9.47. The number of aromatic carboxylic acids is 1. The average molecular weight is 412 g/mol. The van der Waals surface area contributed by atoms with Crippen LogP contribution >= 0.6 is 0 Å². The fraction of sp³-hybridized carbons (Fsp3) is 0. The molecule has 0 spiro atoms. The summed E-state index contributed by atoms with van der Waals surface area (Å²) in [6.07, 6.45) is 4.99. The smallest absolute Gasteiger partial charge is 0.335 e. The van der Waals surface area contributed by atoms with Gasteiger partial charge in [-0.2, -0.15) is 0 Å². The molecular weight excluding hydrogens is 392 g/mol. The molecule has 3 rings (SSSR count). The summed E-state index contributed by atoms with van der Waals surface area (Å²) in [6, 6.07) is 23.8. The molecule has 0 aromatic heterocycles. The molecule has 0 fully saturated rings. The molecule has 6 heteroatoms. The van der Waals surface area contributed by atoms with Crippen molar-refractivity contribution < 1.29 is 19.5 Å². The van der Waals surface area contributed by atoms with E-state index in [-0.39, 0.29) is 11.3 Å². The van der Waals surface area contributed by atoms with Gasteiger partial charge in [0.1, 0.15) is 5.70 Å². The third-order valence-electron chi connectivity index (χ3n) is 4.27. The lowest BCUT2D eigenvalue weighted by Gasteiger charge is -2.11. The van der Waals surface area contributed by atoms with Gasteiger partial charge in [0.15, 0.2) is 0 Å². The molecule has 0 heterocycles. The molecule has 6 nitrogen and oxygen atoms in total. The second kappa shape index (κ2) is 10.4. The Morgan fingerprint density at radius 3 is 1.97 bits per heavy atom. The average Bonchev–Trinajstić information content (AvgIpc) is 2.80. The highest BCUT2D eigenvalue weighted by atomic mass is 16.4. The van der Waals surface area contributed by atoms with Crippen LogP contribution in [0.25, 0.3) is 6.08 Å². The monoisotopic (exact) mass is 412 g/mol. The molecule has 0 radical (unpaired) electrons. The zero-order valence-electron chi connectivity index (χ0n) is 16.5. The third kappa shape index (κ3) is 6.27. The topological polar surface area (TPSA) is 95.5 Å². The largest absolute Gasteiger partial charge is 0.478 e. The van der Waals surface area contributed by atoms with Crippen LogP contribution in [0.3, 0.4) is 0 Å². The minimum absolute atomic E-state index is 0.0448. The summed E-state index contributed by atoms with van der Waals surface area (Å²) in [7, 11) is 0. The predicted octanol–water partition coefficient (Wildman–Crippen LogP) is 4.35. The van der Waals surface area contributed by atoms with Crippen molar-refractivity contribution in [3.05, 3.63) is 119 Å². The number of carbonyl (C=O) groups is 3. The first-order chi connectivity index (χ1) is 15.0. The minimum atomic E-state index is -1.06. The van der Waals surface area contributed by atoms with Crippen LogP contribution in [0.1, 0.15) is 26.3 Å². The number of nitrogens with one attached hydrogen (secondary N) is 2. The van der Waals surface area contributed by atoms with Crippen molar-refractivity contribution in [2.24, 2.45) is 0 Å². The molecule has 3 aromatic rings. The molecule has 0 aliphatic carbocycles. The van der Waals surface area contributed by atoms with E-state index < -0.39 is 17.8 Å². The van der Waals surface area contributed by atoms with Gasteiger partial charge < -0.3 is 15.7 Å². The van der Waals surface area contributed by atoms with Crippen molar-refractivity contribution in [1.29, 1.82) is 0 Å². The lowest BCUT2D eigenvalue weighted by molar-refractivity contribution is -0.113. The van der Waals surface area contributed by atoms with Crippen molar-refractivity contribution in [3.8, 4) is 0 Å². The van der Waals surface area contributed by atoms with E-state index in [0.29, 0.717) is 11.3 Å². The lowest BCUT2D eigenvalue weighted by Crippen LogP contribution is -2.30. The molecule has 31 heavy (non-hydrogen) atoms. The van der Waals surface area contributed by atoms with Gasteiger partial charge in [0.2, 0.25) is 0 Å². The summed E-state index contributed by atoms with van der Waals surface area (Å²) in [6.45, 7) is 0. The number of hydrogen-bond donors (Lipinski definition) is 3. The number of amides is 2. The van der Waals surface area contributed by atoms with Crippen molar-refractivity contribution in [2.45, 2.75) is 0 Å². The van der Waals surface area contributed by atoms with Gasteiger partial charge in [0.25, 0.3) is 11.8 Å². The first kappa shape index (κ1) is 21.3. The van der Waals surface area contributed by atoms with Crippen molar-refractivity contribution in [2.75, 3.05) is 5.32 Å². The zero-order chi connectivity index (χ0) is 22.1. The first-order valence-corrected chi connectivity index (χ1v) is 9.47. The number of anilines is 1. The van der Waals surface area contributed by atoms with Crippen LogP contribution < -0.4 is 10.6 Å². The standard InChI is InChI=1S/C25H20N2O4/c28-23(19-11-5-2-6-12-19)27-22(13-7-10-18-8-3-1-4-9-18)24(29)26-21-16-14-20(15-17-21)25(30)31/h1-17H,(H,26,29)(H,27,28)(H,30,31)/b10-7+,22-13-. The normalized spacial score (nSPS) is 11.2. The fourth-order valence-electron chi connectivity index (χ4n) is 2.67. The number of carboxylic acids is 1. The van der Waals surface area contributed by atoms with Gasteiger partial charge in [-0.25, -0.2) is 4.79 Å². The van der Waals surface area contributed by atoms with Gasteiger partial charge in [0, 0.05) is 11.3 Å². The molecule has 0 saturated heterocycles. The minimum Gasteiger partial charge on any atom is -0.478 e. The summed E-state index contributed by atoms with van der Waals surface area (Å²) in [5.41, 5.74) is 1.92. The predicted molar refractivity (Wildman–Crippen MR) is 119 cm³/mol. The number of rotatable bonds is 7. The van der Waals surface area contributed by atoms with E-state index >= 15 is 0 Å². The highest BCUT2D eigenvalue weighted by molar-refractivity contribution is 6.08. The van der Waals surface area contributed by atoms with Crippen molar-refractivity contribution in [3.63, 3.8) is 0 Å². The van der Waals surface area contributed by atoms with Crippen LogP contribution in [0.5, 0.6) is 0 Å². The Kier molecular flexibility index (Phi) is 7.11. The molecular formula is C25H20N2O4. The van der Waals surface area contributed by atoms with Crippen molar-refractivity contribution in [1.82, 2.24) is 5.32 Å². The van der Waals surface area contributed by atoms with Gasteiger partial charge in [0.05, 0.1) is 5.56 Å². The number of hydrogen-bond acceptors (Lipinski definition) is 3. The quantitative estimate of drug-likeness (QED) is 0.397. The van der Waals surface area contributed by atoms with Gasteiger partial charge in [-0.3, -0.25) is 9.59 Å². The van der Waals surface area contributed by atoms with E-state index in [1.165, 1.54) is 30.3 Å². The Bertz CT molecular complexity index is 1120. The van der Waals surface area contributed by atoms with Crippen LogP contribution in [0, 0.1) is 0 Å². The molecule has 0 unspecified atom stereocenters.